The van der Waals surface area contributed by atoms with E-state index in [4.69, 9.17) is 0 Å². The predicted molar refractivity (Wildman–Crippen MR) is 93.4 cm³/mol. The Morgan fingerprint density at radius 3 is 2.69 bits per heavy atom. The smallest absolute Gasteiger partial charge is 0.387 e. The van der Waals surface area contributed by atoms with Crippen molar-refractivity contribution in [1.29, 1.82) is 0 Å². The summed E-state index contributed by atoms with van der Waals surface area (Å²) in [5.74, 6) is -0.719. The Hall–Kier alpha value is -1.74. The van der Waals surface area contributed by atoms with Crippen molar-refractivity contribution in [2.45, 2.75) is 38.8 Å². The van der Waals surface area contributed by atoms with Gasteiger partial charge in [0.2, 0.25) is 15.9 Å². The molecule has 1 aromatic carbocycles. The molecule has 146 valence electrons. The minimum Gasteiger partial charge on any atom is -0.434 e. The van der Waals surface area contributed by atoms with Gasteiger partial charge in [-0.05, 0) is 25.3 Å². The number of rotatable bonds is 7. The normalized spacial score (nSPS) is 20.0. The standard InChI is InChI=1S/C17H24F2N2O4S/c1-3-14(13-8-4-5-9-15(13)25-17(18)19)20-16(22)12-7-6-10-21(11-12)26(2,23)24/h4-5,8-9,12,14,17H,3,6-7,10-11H2,1-2H3,(H,20,22)/t12-,14+/m1/s1. The number of amides is 1. The molecule has 1 N–H and O–H groups in total. The maximum Gasteiger partial charge on any atom is 0.387 e. The van der Waals surface area contributed by atoms with Crippen LogP contribution in [0.2, 0.25) is 0 Å². The molecule has 2 rings (SSSR count). The average Bonchev–Trinajstić information content (AvgIpc) is 2.59. The van der Waals surface area contributed by atoms with E-state index in [0.717, 1.165) is 6.26 Å². The van der Waals surface area contributed by atoms with Gasteiger partial charge >= 0.3 is 6.61 Å². The number of nitrogens with one attached hydrogen (secondary N) is 1. The Balaban J connectivity index is 2.11. The molecule has 6 nitrogen and oxygen atoms in total. The molecule has 1 saturated heterocycles. The zero-order valence-corrected chi connectivity index (χ0v) is 15.6. The van der Waals surface area contributed by atoms with Crippen LogP contribution in [0.5, 0.6) is 5.75 Å². The van der Waals surface area contributed by atoms with Crippen LogP contribution in [0.25, 0.3) is 0 Å². The van der Waals surface area contributed by atoms with E-state index in [-0.39, 0.29) is 18.2 Å². The van der Waals surface area contributed by atoms with Crippen molar-refractivity contribution in [2.75, 3.05) is 19.3 Å². The molecule has 0 saturated carbocycles. The van der Waals surface area contributed by atoms with E-state index in [9.17, 15) is 22.0 Å². The van der Waals surface area contributed by atoms with E-state index in [1.165, 1.54) is 10.4 Å². The maximum atomic E-state index is 12.6. The third-order valence-corrected chi connectivity index (χ3v) is 5.73. The predicted octanol–water partition coefficient (Wildman–Crippen LogP) is 2.53. The third kappa shape index (κ3) is 5.38. The van der Waals surface area contributed by atoms with Crippen molar-refractivity contribution in [3.8, 4) is 5.75 Å². The zero-order valence-electron chi connectivity index (χ0n) is 14.8. The highest BCUT2D eigenvalue weighted by molar-refractivity contribution is 7.88. The van der Waals surface area contributed by atoms with E-state index < -0.39 is 28.6 Å². The molecular weight excluding hydrogens is 366 g/mol. The van der Waals surface area contributed by atoms with Gasteiger partial charge in [0.05, 0.1) is 18.2 Å². The lowest BCUT2D eigenvalue weighted by Crippen LogP contribution is -2.45. The van der Waals surface area contributed by atoms with Crippen LogP contribution in [-0.2, 0) is 14.8 Å². The SMILES string of the molecule is CC[C@H](NC(=O)[C@@H]1CCCN(S(C)(=O)=O)C1)c1ccccc1OC(F)F. The summed E-state index contributed by atoms with van der Waals surface area (Å²) in [6.07, 6.45) is 2.80. The molecule has 0 spiro atoms. The number of ether oxygens (including phenoxy) is 1. The summed E-state index contributed by atoms with van der Waals surface area (Å²) in [6.45, 7) is -0.583. The van der Waals surface area contributed by atoms with Gasteiger partial charge in [-0.25, -0.2) is 12.7 Å². The quantitative estimate of drug-likeness (QED) is 0.776. The van der Waals surface area contributed by atoms with Gasteiger partial charge in [-0.1, -0.05) is 25.1 Å². The Morgan fingerprint density at radius 1 is 1.38 bits per heavy atom. The first-order valence-electron chi connectivity index (χ1n) is 8.51. The van der Waals surface area contributed by atoms with Gasteiger partial charge in [-0.2, -0.15) is 8.78 Å². The van der Waals surface area contributed by atoms with E-state index in [1.54, 1.807) is 18.2 Å². The van der Waals surface area contributed by atoms with Gasteiger partial charge in [-0.3, -0.25) is 4.79 Å². The Morgan fingerprint density at radius 2 is 2.08 bits per heavy atom. The zero-order chi connectivity index (χ0) is 19.3. The van der Waals surface area contributed by atoms with Crippen LogP contribution in [0.1, 0.15) is 37.8 Å². The first-order valence-corrected chi connectivity index (χ1v) is 10.4. The number of para-hydroxylation sites is 1. The van der Waals surface area contributed by atoms with E-state index in [1.807, 2.05) is 6.92 Å². The van der Waals surface area contributed by atoms with Gasteiger partial charge < -0.3 is 10.1 Å². The molecule has 1 aromatic rings. The van der Waals surface area contributed by atoms with Gasteiger partial charge in [0.25, 0.3) is 0 Å². The largest absolute Gasteiger partial charge is 0.434 e. The van der Waals surface area contributed by atoms with Gasteiger partial charge in [0, 0.05) is 18.7 Å². The lowest BCUT2D eigenvalue weighted by molar-refractivity contribution is -0.126. The second-order valence-electron chi connectivity index (χ2n) is 6.35. The highest BCUT2D eigenvalue weighted by Crippen LogP contribution is 2.29. The molecule has 1 fully saturated rings. The van der Waals surface area contributed by atoms with Crippen LogP contribution in [0.3, 0.4) is 0 Å². The summed E-state index contributed by atoms with van der Waals surface area (Å²) in [4.78, 5) is 12.6. The number of hydrogen-bond donors (Lipinski definition) is 1. The van der Waals surface area contributed by atoms with Gasteiger partial charge in [-0.15, -0.1) is 0 Å². The van der Waals surface area contributed by atoms with Crippen molar-refractivity contribution in [2.24, 2.45) is 5.92 Å². The van der Waals surface area contributed by atoms with Crippen molar-refractivity contribution in [3.05, 3.63) is 29.8 Å². The molecule has 0 aliphatic carbocycles. The van der Waals surface area contributed by atoms with Crippen LogP contribution in [0, 0.1) is 5.92 Å². The first-order chi connectivity index (χ1) is 12.2. The molecule has 0 radical (unpaired) electrons. The lowest BCUT2D eigenvalue weighted by atomic mass is 9.97. The minimum absolute atomic E-state index is 0.0241. The number of nitrogens with zero attached hydrogens (tertiary/aromatic N) is 1. The van der Waals surface area contributed by atoms with E-state index in [2.05, 4.69) is 10.1 Å². The molecule has 1 amide bonds. The number of piperidine rings is 1. The minimum atomic E-state index is -3.35. The van der Waals surface area contributed by atoms with E-state index in [0.29, 0.717) is 31.4 Å². The second-order valence-corrected chi connectivity index (χ2v) is 8.33. The number of carbonyl (C=O) groups excluding carboxylic acids is 1. The number of alkyl halides is 2. The molecule has 1 heterocycles. The number of benzene rings is 1. The molecule has 1 aliphatic heterocycles. The van der Waals surface area contributed by atoms with Crippen LogP contribution >= 0.6 is 0 Å². The molecule has 0 bridgehead atoms. The molecule has 9 heteroatoms. The topological polar surface area (TPSA) is 75.7 Å². The molecule has 26 heavy (non-hydrogen) atoms. The molecule has 0 unspecified atom stereocenters. The summed E-state index contributed by atoms with van der Waals surface area (Å²) < 4.78 is 54.5. The van der Waals surface area contributed by atoms with Gasteiger partial charge in [0.15, 0.2) is 0 Å². The fraction of sp³-hybridized carbons (Fsp3) is 0.588. The van der Waals surface area contributed by atoms with Crippen molar-refractivity contribution in [1.82, 2.24) is 9.62 Å². The van der Waals surface area contributed by atoms with Crippen molar-refractivity contribution in [3.63, 3.8) is 0 Å². The van der Waals surface area contributed by atoms with Gasteiger partial charge in [0.1, 0.15) is 5.75 Å². The Bertz CT molecular complexity index is 727. The highest BCUT2D eigenvalue weighted by Gasteiger charge is 2.31. The monoisotopic (exact) mass is 390 g/mol. The summed E-state index contributed by atoms with van der Waals surface area (Å²) in [5, 5.41) is 2.85. The fourth-order valence-electron chi connectivity index (χ4n) is 3.12. The first kappa shape index (κ1) is 20.6. The maximum absolute atomic E-state index is 12.6. The Labute approximate surface area is 152 Å². The highest BCUT2D eigenvalue weighted by atomic mass is 32.2. The van der Waals surface area contributed by atoms with Crippen molar-refractivity contribution < 1.29 is 26.7 Å². The summed E-state index contributed by atoms with van der Waals surface area (Å²) in [5.41, 5.74) is 0.472. The number of halogens is 2. The lowest BCUT2D eigenvalue weighted by Gasteiger charge is -2.31. The van der Waals surface area contributed by atoms with Crippen LogP contribution in [0.4, 0.5) is 8.78 Å². The van der Waals surface area contributed by atoms with E-state index >= 15 is 0 Å². The van der Waals surface area contributed by atoms with Crippen LogP contribution in [-0.4, -0.2) is 44.6 Å². The van der Waals surface area contributed by atoms with Crippen molar-refractivity contribution >= 4 is 15.9 Å². The number of hydrogen-bond acceptors (Lipinski definition) is 4. The third-order valence-electron chi connectivity index (χ3n) is 4.46. The number of carbonyl (C=O) groups is 1. The molecular formula is C17H24F2N2O4S. The second kappa shape index (κ2) is 8.77. The molecule has 2 atom stereocenters. The van der Waals surface area contributed by atoms with Crippen LogP contribution < -0.4 is 10.1 Å². The molecule has 0 aromatic heterocycles. The Kier molecular flexibility index (Phi) is 6.94. The fourth-order valence-corrected chi connectivity index (χ4v) is 4.03. The van der Waals surface area contributed by atoms with Crippen LogP contribution in [0.15, 0.2) is 24.3 Å². The molecule has 1 aliphatic rings. The summed E-state index contributed by atoms with van der Waals surface area (Å²) >= 11 is 0. The summed E-state index contributed by atoms with van der Waals surface area (Å²) in [7, 11) is -3.35. The number of sulfonamides is 1. The average molecular weight is 390 g/mol. The summed E-state index contributed by atoms with van der Waals surface area (Å²) in [6, 6.07) is 5.85.